The first-order chi connectivity index (χ1) is 9.85. The highest BCUT2D eigenvalue weighted by Gasteiger charge is 2.27. The number of nitrogens with zero attached hydrogens (tertiary/aromatic N) is 1. The molecule has 2 aromatic carbocycles. The number of rotatable bonds is 4. The van der Waals surface area contributed by atoms with Crippen LogP contribution in [0.25, 0.3) is 0 Å². The molecule has 110 valence electrons. The molecule has 2 rings (SSSR count). The van der Waals surface area contributed by atoms with E-state index in [1.54, 1.807) is 0 Å². The second-order valence-corrected chi connectivity index (χ2v) is 6.16. The summed E-state index contributed by atoms with van der Waals surface area (Å²) >= 11 is 0. The number of benzene rings is 2. The van der Waals surface area contributed by atoms with Crippen molar-refractivity contribution in [3.63, 3.8) is 0 Å². The van der Waals surface area contributed by atoms with E-state index in [1.165, 1.54) is 49.5 Å². The Labute approximate surface area is 121 Å². The van der Waals surface area contributed by atoms with Gasteiger partial charge in [-0.3, -0.25) is 4.31 Å². The summed E-state index contributed by atoms with van der Waals surface area (Å²) in [6, 6.07) is 10.6. The number of sulfonamides is 1. The molecule has 0 aliphatic rings. The number of carboxylic acids is 1. The molecule has 0 amide bonds. The molecule has 0 fully saturated rings. The quantitative estimate of drug-likeness (QED) is 0.940. The highest BCUT2D eigenvalue weighted by molar-refractivity contribution is 7.92. The Hall–Kier alpha value is -2.41. The number of hydrogen-bond acceptors (Lipinski definition) is 3. The van der Waals surface area contributed by atoms with Crippen molar-refractivity contribution in [1.82, 2.24) is 0 Å². The number of hydrogen-bond donors (Lipinski definition) is 1. The molecule has 7 heteroatoms. The van der Waals surface area contributed by atoms with Crippen LogP contribution in [0.4, 0.5) is 10.1 Å². The average Bonchev–Trinajstić information content (AvgIpc) is 2.47. The van der Waals surface area contributed by atoms with Crippen LogP contribution >= 0.6 is 0 Å². The molecule has 0 aliphatic carbocycles. The second kappa shape index (κ2) is 5.53. The Kier molecular flexibility index (Phi) is 3.95. The highest BCUT2D eigenvalue weighted by atomic mass is 32.2. The van der Waals surface area contributed by atoms with Crippen molar-refractivity contribution in [2.75, 3.05) is 11.4 Å². The first kappa shape index (κ1) is 15.0. The van der Waals surface area contributed by atoms with E-state index in [2.05, 4.69) is 0 Å². The first-order valence-electron chi connectivity index (χ1n) is 5.91. The monoisotopic (exact) mass is 309 g/mol. The lowest BCUT2D eigenvalue weighted by Gasteiger charge is -2.20. The number of para-hydroxylation sites is 1. The predicted molar refractivity (Wildman–Crippen MR) is 75.4 cm³/mol. The molecule has 0 aromatic heterocycles. The van der Waals surface area contributed by atoms with Gasteiger partial charge < -0.3 is 5.11 Å². The van der Waals surface area contributed by atoms with Crippen molar-refractivity contribution in [2.45, 2.75) is 4.90 Å². The van der Waals surface area contributed by atoms with E-state index in [1.807, 2.05) is 0 Å². The van der Waals surface area contributed by atoms with E-state index in [9.17, 15) is 17.6 Å². The van der Waals surface area contributed by atoms with Crippen molar-refractivity contribution in [2.24, 2.45) is 0 Å². The SMILES string of the molecule is CN(c1ccccc1F)S(=O)(=O)c1ccccc1C(=O)O. The Morgan fingerprint density at radius 3 is 2.29 bits per heavy atom. The standard InChI is InChI=1S/C14H12FNO4S/c1-16(12-8-4-3-7-11(12)15)21(19,20)13-9-5-2-6-10(13)14(17)18/h2-9H,1H3,(H,17,18). The van der Waals surface area contributed by atoms with Crippen molar-refractivity contribution in [3.8, 4) is 0 Å². The van der Waals surface area contributed by atoms with Gasteiger partial charge in [0.2, 0.25) is 0 Å². The third kappa shape index (κ3) is 2.73. The highest BCUT2D eigenvalue weighted by Crippen LogP contribution is 2.26. The lowest BCUT2D eigenvalue weighted by Crippen LogP contribution is -2.28. The number of carboxylic acid groups (broad SMARTS) is 1. The summed E-state index contributed by atoms with van der Waals surface area (Å²) in [5.74, 6) is -2.08. The Morgan fingerprint density at radius 1 is 1.10 bits per heavy atom. The van der Waals surface area contributed by atoms with Crippen molar-refractivity contribution < 1.29 is 22.7 Å². The summed E-state index contributed by atoms with van der Waals surface area (Å²) < 4.78 is 39.5. The Balaban J connectivity index is 2.58. The molecular weight excluding hydrogens is 297 g/mol. The maximum atomic E-state index is 13.7. The van der Waals surface area contributed by atoms with Gasteiger partial charge in [-0.15, -0.1) is 0 Å². The molecule has 21 heavy (non-hydrogen) atoms. The van der Waals surface area contributed by atoms with Gasteiger partial charge in [0.25, 0.3) is 10.0 Å². The van der Waals surface area contributed by atoms with E-state index in [-0.39, 0.29) is 16.1 Å². The molecule has 0 heterocycles. The van der Waals surface area contributed by atoms with E-state index in [0.29, 0.717) is 0 Å². The predicted octanol–water partition coefficient (Wildman–Crippen LogP) is 2.35. The van der Waals surface area contributed by atoms with Crippen LogP contribution in [0.5, 0.6) is 0 Å². The minimum atomic E-state index is -4.18. The zero-order valence-corrected chi connectivity index (χ0v) is 11.8. The van der Waals surface area contributed by atoms with Crippen LogP contribution < -0.4 is 4.31 Å². The lowest BCUT2D eigenvalue weighted by atomic mass is 10.2. The van der Waals surface area contributed by atoms with Gasteiger partial charge in [0, 0.05) is 7.05 Å². The lowest BCUT2D eigenvalue weighted by molar-refractivity contribution is 0.0692. The first-order valence-corrected chi connectivity index (χ1v) is 7.35. The van der Waals surface area contributed by atoms with Crippen LogP contribution in [-0.2, 0) is 10.0 Å². The van der Waals surface area contributed by atoms with Crippen molar-refractivity contribution >= 4 is 21.7 Å². The van der Waals surface area contributed by atoms with Crippen LogP contribution in [0.3, 0.4) is 0 Å². The van der Waals surface area contributed by atoms with Crippen LogP contribution in [0.1, 0.15) is 10.4 Å². The molecule has 1 N–H and O–H groups in total. The van der Waals surface area contributed by atoms with Gasteiger partial charge >= 0.3 is 5.97 Å². The number of carbonyl (C=O) groups is 1. The molecule has 5 nitrogen and oxygen atoms in total. The summed E-state index contributed by atoms with van der Waals surface area (Å²) in [4.78, 5) is 10.8. The fourth-order valence-corrected chi connectivity index (χ4v) is 3.24. The zero-order chi connectivity index (χ0) is 15.6. The van der Waals surface area contributed by atoms with Gasteiger partial charge in [-0.05, 0) is 24.3 Å². The molecule has 0 spiro atoms. The fourth-order valence-electron chi connectivity index (χ4n) is 1.85. The van der Waals surface area contributed by atoms with E-state index >= 15 is 0 Å². The van der Waals surface area contributed by atoms with E-state index in [4.69, 9.17) is 5.11 Å². The summed E-state index contributed by atoms with van der Waals surface area (Å²) in [5.41, 5.74) is -0.515. The van der Waals surface area contributed by atoms with Gasteiger partial charge in [-0.2, -0.15) is 0 Å². The molecule has 0 saturated heterocycles. The number of halogens is 1. The molecule has 0 bridgehead atoms. The average molecular weight is 309 g/mol. The molecule has 0 unspecified atom stereocenters. The molecule has 0 saturated carbocycles. The maximum absolute atomic E-state index is 13.7. The summed E-state index contributed by atoms with van der Waals surface area (Å²) in [6.45, 7) is 0. The molecule has 0 aliphatic heterocycles. The minimum absolute atomic E-state index is 0.155. The van der Waals surface area contributed by atoms with E-state index in [0.717, 1.165) is 10.4 Å². The van der Waals surface area contributed by atoms with Gasteiger partial charge in [0.15, 0.2) is 0 Å². The van der Waals surface area contributed by atoms with Crippen molar-refractivity contribution in [1.29, 1.82) is 0 Å². The Bertz CT molecular complexity index is 789. The molecule has 0 atom stereocenters. The van der Waals surface area contributed by atoms with Gasteiger partial charge in [-0.25, -0.2) is 17.6 Å². The maximum Gasteiger partial charge on any atom is 0.337 e. The third-order valence-corrected chi connectivity index (χ3v) is 4.78. The van der Waals surface area contributed by atoms with Crippen LogP contribution in [0, 0.1) is 5.82 Å². The van der Waals surface area contributed by atoms with E-state index < -0.39 is 21.8 Å². The molecular formula is C14H12FNO4S. The number of aromatic carboxylic acids is 1. The van der Waals surface area contributed by atoms with Crippen LogP contribution in [0.15, 0.2) is 53.4 Å². The smallest absolute Gasteiger partial charge is 0.337 e. The minimum Gasteiger partial charge on any atom is -0.478 e. The van der Waals surface area contributed by atoms with Gasteiger partial charge in [-0.1, -0.05) is 24.3 Å². The van der Waals surface area contributed by atoms with Crippen LogP contribution in [0.2, 0.25) is 0 Å². The van der Waals surface area contributed by atoms with Crippen molar-refractivity contribution in [3.05, 3.63) is 59.9 Å². The summed E-state index contributed by atoms with van der Waals surface area (Å²) in [6.07, 6.45) is 0. The largest absolute Gasteiger partial charge is 0.478 e. The molecule has 0 radical (unpaired) electrons. The number of anilines is 1. The fraction of sp³-hybridized carbons (Fsp3) is 0.0714. The molecule has 2 aromatic rings. The van der Waals surface area contributed by atoms with Crippen LogP contribution in [-0.4, -0.2) is 26.5 Å². The van der Waals surface area contributed by atoms with Gasteiger partial charge in [0.1, 0.15) is 10.7 Å². The third-order valence-electron chi connectivity index (χ3n) is 2.95. The normalized spacial score (nSPS) is 11.1. The van der Waals surface area contributed by atoms with Gasteiger partial charge in [0.05, 0.1) is 11.3 Å². The topological polar surface area (TPSA) is 74.7 Å². The zero-order valence-electron chi connectivity index (χ0n) is 11.0. The second-order valence-electron chi connectivity index (χ2n) is 4.23. The Morgan fingerprint density at radius 2 is 1.67 bits per heavy atom. The summed E-state index contributed by atoms with van der Waals surface area (Å²) in [7, 11) is -3.00. The summed E-state index contributed by atoms with van der Waals surface area (Å²) in [5, 5.41) is 9.08.